The highest BCUT2D eigenvalue weighted by atomic mass is 32.1. The van der Waals surface area contributed by atoms with Crippen molar-refractivity contribution in [2.75, 3.05) is 7.05 Å². The van der Waals surface area contributed by atoms with E-state index in [9.17, 15) is 0 Å². The lowest BCUT2D eigenvalue weighted by Gasteiger charge is -1.99. The number of allylic oxidation sites excluding steroid dienone is 2. The second-order valence-corrected chi connectivity index (χ2v) is 2.69. The Labute approximate surface area is 62.3 Å². The zero-order chi connectivity index (χ0) is 7.44. The molecular formula is C7H13NS. The molecule has 0 aliphatic heterocycles. The van der Waals surface area contributed by atoms with E-state index in [2.05, 4.69) is 17.6 Å². The lowest BCUT2D eigenvalue weighted by atomic mass is 10.2. The molecule has 0 unspecified atom stereocenters. The minimum Gasteiger partial charge on any atom is -0.293 e. The van der Waals surface area contributed by atoms with Crippen molar-refractivity contribution < 1.29 is 0 Å². The van der Waals surface area contributed by atoms with Gasteiger partial charge in [-0.25, -0.2) is 0 Å². The van der Waals surface area contributed by atoms with E-state index < -0.39 is 0 Å². The summed E-state index contributed by atoms with van der Waals surface area (Å²) in [6, 6.07) is 0. The van der Waals surface area contributed by atoms with E-state index in [0.29, 0.717) is 0 Å². The van der Waals surface area contributed by atoms with Gasteiger partial charge in [0, 0.05) is 12.8 Å². The van der Waals surface area contributed by atoms with Crippen LogP contribution in [0.25, 0.3) is 0 Å². The summed E-state index contributed by atoms with van der Waals surface area (Å²) in [7, 11) is 1.79. The second kappa shape index (κ2) is 3.72. The maximum absolute atomic E-state index is 4.19. The predicted octanol–water partition coefficient (Wildman–Crippen LogP) is 2.30. The molecule has 0 saturated heterocycles. The first kappa shape index (κ1) is 8.76. The van der Waals surface area contributed by atoms with Gasteiger partial charge in [-0.05, 0) is 31.2 Å². The highest BCUT2D eigenvalue weighted by Crippen LogP contribution is 2.07. The van der Waals surface area contributed by atoms with Gasteiger partial charge in [-0.15, -0.1) is 12.6 Å². The van der Waals surface area contributed by atoms with Crippen molar-refractivity contribution in [3.8, 4) is 0 Å². The van der Waals surface area contributed by atoms with E-state index in [1.807, 2.05) is 20.8 Å². The summed E-state index contributed by atoms with van der Waals surface area (Å²) in [6.07, 6.45) is 0. The van der Waals surface area contributed by atoms with Gasteiger partial charge in [0.05, 0.1) is 0 Å². The van der Waals surface area contributed by atoms with Crippen LogP contribution in [0.5, 0.6) is 0 Å². The molecule has 0 amide bonds. The van der Waals surface area contributed by atoms with Crippen LogP contribution < -0.4 is 0 Å². The van der Waals surface area contributed by atoms with Gasteiger partial charge in [-0.1, -0.05) is 0 Å². The standard InChI is InChI=1S/C7H13NS/c1-5(7(3)9)6(2)8-4/h9H,1-4H3/b7-5-,8-6-. The first-order valence-corrected chi connectivity index (χ1v) is 3.34. The number of hydrogen-bond acceptors (Lipinski definition) is 2. The van der Waals surface area contributed by atoms with Crippen LogP contribution in [-0.2, 0) is 0 Å². The average Bonchev–Trinajstić information content (AvgIpc) is 1.84. The predicted molar refractivity (Wildman–Crippen MR) is 46.4 cm³/mol. The molecule has 0 N–H and O–H groups in total. The SMILES string of the molecule is C/N=C(C)\C(C)=C(\C)S. The van der Waals surface area contributed by atoms with Gasteiger partial charge in [0.1, 0.15) is 0 Å². The first-order valence-electron chi connectivity index (χ1n) is 2.89. The molecule has 0 aromatic heterocycles. The van der Waals surface area contributed by atoms with Crippen LogP contribution in [-0.4, -0.2) is 12.8 Å². The van der Waals surface area contributed by atoms with Crippen LogP contribution in [0.15, 0.2) is 15.5 Å². The van der Waals surface area contributed by atoms with Crippen LogP contribution in [0, 0.1) is 0 Å². The topological polar surface area (TPSA) is 12.4 Å². The molecule has 0 aliphatic carbocycles. The Morgan fingerprint density at radius 3 is 1.78 bits per heavy atom. The van der Waals surface area contributed by atoms with Gasteiger partial charge in [0.25, 0.3) is 0 Å². The summed E-state index contributed by atoms with van der Waals surface area (Å²) in [6.45, 7) is 5.97. The molecule has 0 heterocycles. The minimum absolute atomic E-state index is 1.04. The van der Waals surface area contributed by atoms with Gasteiger partial charge in [-0.2, -0.15) is 0 Å². The normalized spacial score (nSPS) is 15.4. The fraction of sp³-hybridized carbons (Fsp3) is 0.571. The zero-order valence-corrected chi connectivity index (χ0v) is 7.29. The van der Waals surface area contributed by atoms with Gasteiger partial charge in [0.2, 0.25) is 0 Å². The fourth-order valence-corrected chi connectivity index (χ4v) is 0.591. The van der Waals surface area contributed by atoms with Crippen molar-refractivity contribution in [2.45, 2.75) is 20.8 Å². The van der Waals surface area contributed by atoms with E-state index in [4.69, 9.17) is 0 Å². The Hall–Kier alpha value is -0.240. The van der Waals surface area contributed by atoms with Crippen molar-refractivity contribution >= 4 is 18.3 Å². The number of hydrogen-bond donors (Lipinski definition) is 1. The van der Waals surface area contributed by atoms with Crippen LogP contribution in [0.4, 0.5) is 0 Å². The van der Waals surface area contributed by atoms with Crippen molar-refractivity contribution in [3.63, 3.8) is 0 Å². The lowest BCUT2D eigenvalue weighted by molar-refractivity contribution is 1.37. The molecule has 0 atom stereocenters. The summed E-state index contributed by atoms with van der Waals surface area (Å²) in [4.78, 5) is 5.06. The van der Waals surface area contributed by atoms with Gasteiger partial charge in [-0.3, -0.25) is 4.99 Å². The molecular weight excluding hydrogens is 130 g/mol. The van der Waals surface area contributed by atoms with E-state index >= 15 is 0 Å². The third-order valence-corrected chi connectivity index (χ3v) is 1.76. The molecule has 0 bridgehead atoms. The number of rotatable bonds is 1. The van der Waals surface area contributed by atoms with E-state index in [-0.39, 0.29) is 0 Å². The molecule has 0 fully saturated rings. The quantitative estimate of drug-likeness (QED) is 0.427. The van der Waals surface area contributed by atoms with Gasteiger partial charge >= 0.3 is 0 Å². The minimum atomic E-state index is 1.04. The molecule has 0 aliphatic rings. The maximum Gasteiger partial charge on any atom is 0.0350 e. The smallest absolute Gasteiger partial charge is 0.0350 e. The van der Waals surface area contributed by atoms with Gasteiger partial charge < -0.3 is 0 Å². The molecule has 0 rings (SSSR count). The number of thiol groups is 1. The van der Waals surface area contributed by atoms with Crippen LogP contribution >= 0.6 is 12.6 Å². The third-order valence-electron chi connectivity index (χ3n) is 1.42. The highest BCUT2D eigenvalue weighted by molar-refractivity contribution is 7.84. The molecule has 0 saturated carbocycles. The number of aliphatic imine (C=N–C) groups is 1. The average molecular weight is 143 g/mol. The van der Waals surface area contributed by atoms with Crippen LogP contribution in [0.2, 0.25) is 0 Å². The summed E-state index contributed by atoms with van der Waals surface area (Å²) >= 11 is 4.19. The monoisotopic (exact) mass is 143 g/mol. The molecule has 0 spiro atoms. The number of nitrogens with zero attached hydrogens (tertiary/aromatic N) is 1. The fourth-order valence-electron chi connectivity index (χ4n) is 0.430. The molecule has 2 heteroatoms. The largest absolute Gasteiger partial charge is 0.293 e. The first-order chi connectivity index (χ1) is 4.09. The summed E-state index contributed by atoms with van der Waals surface area (Å²) < 4.78 is 0. The van der Waals surface area contributed by atoms with E-state index in [1.165, 1.54) is 5.57 Å². The Balaban J connectivity index is 4.40. The summed E-state index contributed by atoms with van der Waals surface area (Å²) in [5.41, 5.74) is 2.23. The molecule has 52 valence electrons. The summed E-state index contributed by atoms with van der Waals surface area (Å²) in [5.74, 6) is 0. The van der Waals surface area contributed by atoms with Crippen molar-refractivity contribution in [1.82, 2.24) is 0 Å². The zero-order valence-electron chi connectivity index (χ0n) is 6.39. The van der Waals surface area contributed by atoms with Gasteiger partial charge in [0.15, 0.2) is 0 Å². The molecule has 0 radical (unpaired) electrons. The maximum atomic E-state index is 4.19. The molecule has 1 nitrogen and oxygen atoms in total. The van der Waals surface area contributed by atoms with E-state index in [0.717, 1.165) is 10.6 Å². The Morgan fingerprint density at radius 1 is 1.22 bits per heavy atom. The highest BCUT2D eigenvalue weighted by Gasteiger charge is 1.93. The lowest BCUT2D eigenvalue weighted by Crippen LogP contribution is -1.93. The van der Waals surface area contributed by atoms with Crippen molar-refractivity contribution in [2.24, 2.45) is 4.99 Å². The molecule has 0 aromatic carbocycles. The Bertz CT molecular complexity index is 152. The molecule has 9 heavy (non-hydrogen) atoms. The Kier molecular flexibility index (Phi) is 3.62. The van der Waals surface area contributed by atoms with Crippen molar-refractivity contribution in [3.05, 3.63) is 10.5 Å². The van der Waals surface area contributed by atoms with Crippen molar-refractivity contribution in [1.29, 1.82) is 0 Å². The van der Waals surface area contributed by atoms with Crippen LogP contribution in [0.1, 0.15) is 20.8 Å². The Morgan fingerprint density at radius 2 is 1.67 bits per heavy atom. The second-order valence-electron chi connectivity index (χ2n) is 2.02. The third kappa shape index (κ3) is 2.70. The van der Waals surface area contributed by atoms with E-state index in [1.54, 1.807) is 7.05 Å². The molecule has 0 aromatic rings. The summed E-state index contributed by atoms with van der Waals surface area (Å²) in [5, 5.41) is 0. The van der Waals surface area contributed by atoms with Crippen LogP contribution in [0.3, 0.4) is 0 Å².